The number of carbonyl (C=O) groups is 1. The Labute approximate surface area is 132 Å². The van der Waals surface area contributed by atoms with Crippen molar-refractivity contribution >= 4 is 6.03 Å². The van der Waals surface area contributed by atoms with Gasteiger partial charge in [0.05, 0.1) is 11.6 Å². The molecule has 0 unspecified atom stereocenters. The van der Waals surface area contributed by atoms with E-state index in [-0.39, 0.29) is 11.6 Å². The summed E-state index contributed by atoms with van der Waals surface area (Å²) in [5, 5.41) is 3.22. The summed E-state index contributed by atoms with van der Waals surface area (Å²) in [6, 6.07) is 10.3. The van der Waals surface area contributed by atoms with Gasteiger partial charge in [0.2, 0.25) is 0 Å². The first kappa shape index (κ1) is 15.3. The number of ether oxygens (including phenoxy) is 1. The number of nitrogens with zero attached hydrogens (tertiary/aromatic N) is 1. The molecule has 1 atom stereocenters. The van der Waals surface area contributed by atoms with Gasteiger partial charge in [0.1, 0.15) is 0 Å². The number of hydrogen-bond acceptors (Lipinski definition) is 2. The Bertz CT molecular complexity index is 493. The van der Waals surface area contributed by atoms with Crippen LogP contribution in [0.2, 0.25) is 0 Å². The highest BCUT2D eigenvalue weighted by Gasteiger charge is 2.45. The van der Waals surface area contributed by atoms with Gasteiger partial charge in [-0.1, -0.05) is 30.3 Å². The number of nitrogens with one attached hydrogen (secondary N) is 1. The molecule has 0 bridgehead atoms. The molecule has 1 aromatic rings. The molecule has 22 heavy (non-hydrogen) atoms. The van der Waals surface area contributed by atoms with Crippen molar-refractivity contribution < 1.29 is 9.53 Å². The SMILES string of the molecule is CN(CC[C@@H]1CCCCO1)C(=O)NC1(c2ccccc2)CC1. The highest BCUT2D eigenvalue weighted by atomic mass is 16.5. The average molecular weight is 302 g/mol. The average Bonchev–Trinajstić information content (AvgIpc) is 3.35. The summed E-state index contributed by atoms with van der Waals surface area (Å²) in [4.78, 5) is 14.2. The van der Waals surface area contributed by atoms with Crippen molar-refractivity contribution in [2.45, 2.75) is 50.2 Å². The van der Waals surface area contributed by atoms with Gasteiger partial charge >= 0.3 is 6.03 Å². The zero-order chi connectivity index (χ0) is 15.4. The van der Waals surface area contributed by atoms with E-state index in [1.165, 1.54) is 18.4 Å². The summed E-state index contributed by atoms with van der Waals surface area (Å²) >= 11 is 0. The van der Waals surface area contributed by atoms with Gasteiger partial charge in [0.15, 0.2) is 0 Å². The van der Waals surface area contributed by atoms with E-state index in [0.29, 0.717) is 6.10 Å². The van der Waals surface area contributed by atoms with E-state index >= 15 is 0 Å². The molecule has 0 spiro atoms. The lowest BCUT2D eigenvalue weighted by Gasteiger charge is -2.27. The van der Waals surface area contributed by atoms with E-state index in [1.54, 1.807) is 4.90 Å². The van der Waals surface area contributed by atoms with Crippen molar-refractivity contribution in [3.05, 3.63) is 35.9 Å². The number of carbonyl (C=O) groups excluding carboxylic acids is 1. The maximum absolute atomic E-state index is 12.4. The molecule has 2 fully saturated rings. The third-order valence-electron chi connectivity index (χ3n) is 4.83. The van der Waals surface area contributed by atoms with Gasteiger partial charge in [-0.25, -0.2) is 4.79 Å². The molecular formula is C18H26N2O2. The molecule has 4 nitrogen and oxygen atoms in total. The smallest absolute Gasteiger partial charge is 0.317 e. The van der Waals surface area contributed by atoms with E-state index in [1.807, 2.05) is 25.2 Å². The van der Waals surface area contributed by atoms with Crippen LogP contribution in [0.15, 0.2) is 30.3 Å². The van der Waals surface area contributed by atoms with Crippen molar-refractivity contribution in [1.82, 2.24) is 10.2 Å². The summed E-state index contributed by atoms with van der Waals surface area (Å²) in [7, 11) is 1.87. The fourth-order valence-electron chi connectivity index (χ4n) is 3.14. The molecule has 1 aliphatic heterocycles. The minimum atomic E-state index is -0.131. The molecule has 0 aromatic heterocycles. The summed E-state index contributed by atoms with van der Waals surface area (Å²) < 4.78 is 5.73. The molecule has 0 radical (unpaired) electrons. The van der Waals surface area contributed by atoms with Gasteiger partial charge in [-0.05, 0) is 44.1 Å². The molecule has 1 aromatic carbocycles. The van der Waals surface area contributed by atoms with Crippen LogP contribution >= 0.6 is 0 Å². The lowest BCUT2D eigenvalue weighted by molar-refractivity contribution is 0.00822. The first-order valence-corrected chi connectivity index (χ1v) is 8.40. The Kier molecular flexibility index (Phi) is 4.67. The van der Waals surface area contributed by atoms with Crippen molar-refractivity contribution in [1.29, 1.82) is 0 Å². The van der Waals surface area contributed by atoms with Crippen LogP contribution in [-0.2, 0) is 10.3 Å². The molecule has 3 rings (SSSR count). The van der Waals surface area contributed by atoms with Crippen LogP contribution in [0.25, 0.3) is 0 Å². The van der Waals surface area contributed by atoms with Crippen LogP contribution in [0.4, 0.5) is 4.79 Å². The third-order valence-corrected chi connectivity index (χ3v) is 4.83. The second kappa shape index (κ2) is 6.69. The Morgan fingerprint density at radius 2 is 2.09 bits per heavy atom. The topological polar surface area (TPSA) is 41.6 Å². The van der Waals surface area contributed by atoms with Crippen molar-refractivity contribution in [2.75, 3.05) is 20.2 Å². The molecule has 1 heterocycles. The number of rotatable bonds is 5. The summed E-state index contributed by atoms with van der Waals surface area (Å²) in [6.45, 7) is 1.62. The number of amides is 2. The Morgan fingerprint density at radius 3 is 2.73 bits per heavy atom. The zero-order valence-electron chi connectivity index (χ0n) is 13.4. The monoisotopic (exact) mass is 302 g/mol. The normalized spacial score (nSPS) is 22.9. The molecule has 120 valence electrons. The van der Waals surface area contributed by atoms with Gasteiger partial charge < -0.3 is 15.0 Å². The Balaban J connectivity index is 1.49. The molecule has 2 aliphatic rings. The van der Waals surface area contributed by atoms with E-state index in [9.17, 15) is 4.79 Å². The van der Waals surface area contributed by atoms with E-state index < -0.39 is 0 Å². The molecule has 1 aliphatic carbocycles. The molecule has 2 amide bonds. The lowest BCUT2D eigenvalue weighted by Crippen LogP contribution is -2.44. The fourth-order valence-corrected chi connectivity index (χ4v) is 3.14. The largest absolute Gasteiger partial charge is 0.378 e. The van der Waals surface area contributed by atoms with Crippen LogP contribution in [-0.4, -0.2) is 37.2 Å². The number of hydrogen-bond donors (Lipinski definition) is 1. The maximum atomic E-state index is 12.4. The van der Waals surface area contributed by atoms with Crippen LogP contribution in [0, 0.1) is 0 Å². The number of urea groups is 1. The van der Waals surface area contributed by atoms with Gasteiger partial charge in [0, 0.05) is 20.2 Å². The lowest BCUT2D eigenvalue weighted by atomic mass is 10.1. The van der Waals surface area contributed by atoms with Gasteiger partial charge in [-0.2, -0.15) is 0 Å². The van der Waals surface area contributed by atoms with Crippen molar-refractivity contribution in [3.8, 4) is 0 Å². The van der Waals surface area contributed by atoms with Crippen LogP contribution in [0.1, 0.15) is 44.1 Å². The maximum Gasteiger partial charge on any atom is 0.317 e. The van der Waals surface area contributed by atoms with Gasteiger partial charge in [-0.3, -0.25) is 0 Å². The Hall–Kier alpha value is -1.55. The summed E-state index contributed by atoms with van der Waals surface area (Å²) in [6.07, 6.45) is 6.87. The summed E-state index contributed by atoms with van der Waals surface area (Å²) in [5.74, 6) is 0. The standard InChI is InChI=1S/C18H26N2O2/c1-20(13-10-16-9-5-6-14-22-16)17(21)19-18(11-12-18)15-7-3-2-4-8-15/h2-4,7-8,16H,5-6,9-14H2,1H3,(H,19,21)/t16-/m0/s1. The molecule has 1 saturated heterocycles. The summed E-state index contributed by atoms with van der Waals surface area (Å²) in [5.41, 5.74) is 1.08. The first-order valence-electron chi connectivity index (χ1n) is 8.40. The van der Waals surface area contributed by atoms with E-state index in [4.69, 9.17) is 4.74 Å². The second-order valence-electron chi connectivity index (χ2n) is 6.58. The van der Waals surface area contributed by atoms with Gasteiger partial charge in [0.25, 0.3) is 0 Å². The van der Waals surface area contributed by atoms with Crippen molar-refractivity contribution in [2.24, 2.45) is 0 Å². The highest BCUT2D eigenvalue weighted by molar-refractivity contribution is 5.75. The fraction of sp³-hybridized carbons (Fsp3) is 0.611. The highest BCUT2D eigenvalue weighted by Crippen LogP contribution is 2.45. The van der Waals surface area contributed by atoms with Crippen molar-refractivity contribution in [3.63, 3.8) is 0 Å². The zero-order valence-corrected chi connectivity index (χ0v) is 13.4. The van der Waals surface area contributed by atoms with E-state index in [0.717, 1.165) is 38.8 Å². The predicted molar refractivity (Wildman–Crippen MR) is 86.7 cm³/mol. The third kappa shape index (κ3) is 3.61. The second-order valence-corrected chi connectivity index (χ2v) is 6.58. The predicted octanol–water partition coefficient (Wildman–Crippen LogP) is 3.28. The van der Waals surface area contributed by atoms with Crippen LogP contribution in [0.5, 0.6) is 0 Å². The van der Waals surface area contributed by atoms with Crippen LogP contribution in [0.3, 0.4) is 0 Å². The molecule has 4 heteroatoms. The molecular weight excluding hydrogens is 276 g/mol. The van der Waals surface area contributed by atoms with E-state index in [2.05, 4.69) is 17.4 Å². The number of benzene rings is 1. The molecule has 1 N–H and O–H groups in total. The minimum Gasteiger partial charge on any atom is -0.378 e. The van der Waals surface area contributed by atoms with Crippen LogP contribution < -0.4 is 5.32 Å². The molecule has 1 saturated carbocycles. The van der Waals surface area contributed by atoms with Gasteiger partial charge in [-0.15, -0.1) is 0 Å². The first-order chi connectivity index (χ1) is 10.7. The minimum absolute atomic E-state index is 0.0252. The quantitative estimate of drug-likeness (QED) is 0.907. The Morgan fingerprint density at radius 1 is 1.32 bits per heavy atom.